The fourth-order valence-electron chi connectivity index (χ4n) is 3.74. The van der Waals surface area contributed by atoms with E-state index in [9.17, 15) is 10.1 Å². The molecular weight excluding hydrogens is 292 g/mol. The number of piperidine rings is 1. The predicted octanol–water partition coefficient (Wildman–Crippen LogP) is 3.10. The Balaban J connectivity index is 1.72. The normalized spacial score (nSPS) is 22.3. The molecule has 2 heterocycles. The Hall–Kier alpha value is -1.82. The summed E-state index contributed by atoms with van der Waals surface area (Å²) in [6.07, 6.45) is 3.39. The lowest BCUT2D eigenvalue weighted by atomic mass is 9.99. The van der Waals surface area contributed by atoms with Crippen molar-refractivity contribution in [1.82, 2.24) is 4.90 Å². The van der Waals surface area contributed by atoms with Gasteiger partial charge in [-0.3, -0.25) is 15.0 Å². The van der Waals surface area contributed by atoms with Gasteiger partial charge in [0.15, 0.2) is 0 Å². The van der Waals surface area contributed by atoms with Gasteiger partial charge in [-0.05, 0) is 44.7 Å². The molecule has 0 aromatic heterocycles. The summed E-state index contributed by atoms with van der Waals surface area (Å²) in [7, 11) is 0. The van der Waals surface area contributed by atoms with Crippen molar-refractivity contribution in [2.75, 3.05) is 36.8 Å². The monoisotopic (exact) mass is 318 g/mol. The third kappa shape index (κ3) is 3.42. The summed E-state index contributed by atoms with van der Waals surface area (Å²) in [5.74, 6) is 0.741. The molecule has 0 amide bonds. The highest BCUT2D eigenvalue weighted by molar-refractivity contribution is 5.77. The number of fused-ring (bicyclic) bond motifs is 1. The summed E-state index contributed by atoms with van der Waals surface area (Å²) in [6, 6.07) is 3.80. The van der Waals surface area contributed by atoms with Crippen molar-refractivity contribution in [2.24, 2.45) is 5.92 Å². The smallest absolute Gasteiger partial charge is 0.292 e. The zero-order valence-electron chi connectivity index (χ0n) is 14.0. The number of likely N-dealkylation sites (tertiary alicyclic amines) is 1. The number of hydrogen-bond donors (Lipinski definition) is 2. The number of nitro groups is 1. The van der Waals surface area contributed by atoms with Crippen LogP contribution in [0.5, 0.6) is 0 Å². The minimum atomic E-state index is -0.283. The van der Waals surface area contributed by atoms with Crippen LogP contribution in [0, 0.1) is 16.0 Å². The van der Waals surface area contributed by atoms with Gasteiger partial charge in [-0.15, -0.1) is 0 Å². The molecule has 0 saturated carbocycles. The van der Waals surface area contributed by atoms with Crippen molar-refractivity contribution in [3.8, 4) is 0 Å². The number of anilines is 2. The molecule has 0 spiro atoms. The fraction of sp³-hybridized carbons (Fsp3) is 0.647. The summed E-state index contributed by atoms with van der Waals surface area (Å²) >= 11 is 0. The van der Waals surface area contributed by atoms with Gasteiger partial charge in [0, 0.05) is 43.0 Å². The summed E-state index contributed by atoms with van der Waals surface area (Å²) in [6.45, 7) is 8.35. The molecule has 6 heteroatoms. The van der Waals surface area contributed by atoms with Crippen LogP contribution in [0.1, 0.15) is 32.3 Å². The lowest BCUT2D eigenvalue weighted by molar-refractivity contribution is -0.384. The first-order chi connectivity index (χ1) is 11.1. The Bertz CT molecular complexity index is 590. The third-order valence-electron chi connectivity index (χ3n) is 5.06. The molecule has 0 aliphatic carbocycles. The topological polar surface area (TPSA) is 70.4 Å². The molecule has 2 atom stereocenters. The summed E-state index contributed by atoms with van der Waals surface area (Å²) in [5, 5.41) is 18.0. The van der Waals surface area contributed by atoms with Gasteiger partial charge in [0.25, 0.3) is 5.69 Å². The highest BCUT2D eigenvalue weighted by atomic mass is 16.6. The molecular formula is C17H26N4O2. The zero-order valence-corrected chi connectivity index (χ0v) is 14.0. The van der Waals surface area contributed by atoms with Crippen molar-refractivity contribution in [1.29, 1.82) is 0 Å². The first-order valence-corrected chi connectivity index (χ1v) is 8.58. The Labute approximate surface area is 137 Å². The average molecular weight is 318 g/mol. The second-order valence-electron chi connectivity index (χ2n) is 6.89. The number of benzene rings is 1. The van der Waals surface area contributed by atoms with Gasteiger partial charge in [0.05, 0.1) is 4.92 Å². The Morgan fingerprint density at radius 3 is 3.09 bits per heavy atom. The zero-order chi connectivity index (χ0) is 16.4. The number of rotatable bonds is 5. The van der Waals surface area contributed by atoms with Gasteiger partial charge in [-0.25, -0.2) is 0 Å². The van der Waals surface area contributed by atoms with E-state index < -0.39 is 0 Å². The van der Waals surface area contributed by atoms with E-state index in [0.717, 1.165) is 49.8 Å². The summed E-state index contributed by atoms with van der Waals surface area (Å²) in [5.41, 5.74) is 2.97. The van der Waals surface area contributed by atoms with Crippen molar-refractivity contribution in [3.63, 3.8) is 0 Å². The molecule has 2 N–H and O–H groups in total. The van der Waals surface area contributed by atoms with Crippen LogP contribution < -0.4 is 10.6 Å². The highest BCUT2D eigenvalue weighted by Crippen LogP contribution is 2.37. The quantitative estimate of drug-likeness (QED) is 0.645. The number of hydrogen-bond acceptors (Lipinski definition) is 5. The maximum Gasteiger partial charge on any atom is 0.292 e. The minimum absolute atomic E-state index is 0.187. The van der Waals surface area contributed by atoms with Crippen LogP contribution in [0.25, 0.3) is 0 Å². The molecule has 0 radical (unpaired) electrons. The van der Waals surface area contributed by atoms with Crippen LogP contribution in [0.4, 0.5) is 17.1 Å². The van der Waals surface area contributed by atoms with Crippen LogP contribution in [-0.2, 0) is 6.42 Å². The molecule has 1 saturated heterocycles. The van der Waals surface area contributed by atoms with E-state index in [1.54, 1.807) is 6.07 Å². The van der Waals surface area contributed by atoms with Gasteiger partial charge < -0.3 is 10.6 Å². The predicted molar refractivity (Wildman–Crippen MR) is 93.2 cm³/mol. The van der Waals surface area contributed by atoms with Gasteiger partial charge in [-0.2, -0.15) is 0 Å². The Morgan fingerprint density at radius 1 is 1.52 bits per heavy atom. The molecule has 2 aliphatic rings. The second-order valence-corrected chi connectivity index (χ2v) is 6.89. The number of nitrogens with zero attached hydrogens (tertiary/aromatic N) is 2. The van der Waals surface area contributed by atoms with E-state index in [4.69, 9.17) is 0 Å². The molecule has 2 aliphatic heterocycles. The van der Waals surface area contributed by atoms with Gasteiger partial charge in [0.2, 0.25) is 0 Å². The summed E-state index contributed by atoms with van der Waals surface area (Å²) < 4.78 is 0. The lowest BCUT2D eigenvalue weighted by Gasteiger charge is -2.35. The van der Waals surface area contributed by atoms with Gasteiger partial charge in [0.1, 0.15) is 5.69 Å². The maximum atomic E-state index is 11.3. The van der Waals surface area contributed by atoms with E-state index in [-0.39, 0.29) is 10.6 Å². The van der Waals surface area contributed by atoms with Crippen LogP contribution in [0.15, 0.2) is 12.1 Å². The van der Waals surface area contributed by atoms with Crippen LogP contribution in [-0.4, -0.2) is 42.0 Å². The van der Waals surface area contributed by atoms with Crippen LogP contribution in [0.3, 0.4) is 0 Å². The second kappa shape index (κ2) is 6.74. The molecule has 3 rings (SSSR count). The molecule has 2 unspecified atom stereocenters. The highest BCUT2D eigenvalue weighted by Gasteiger charge is 2.25. The molecule has 1 fully saturated rings. The molecule has 1 aromatic rings. The largest absolute Gasteiger partial charge is 0.384 e. The molecule has 1 aromatic carbocycles. The van der Waals surface area contributed by atoms with E-state index in [2.05, 4.69) is 29.4 Å². The molecule has 126 valence electrons. The van der Waals surface area contributed by atoms with Crippen molar-refractivity contribution in [3.05, 3.63) is 27.8 Å². The summed E-state index contributed by atoms with van der Waals surface area (Å²) in [4.78, 5) is 13.6. The fourth-order valence-corrected chi connectivity index (χ4v) is 3.74. The maximum absolute atomic E-state index is 11.3. The van der Waals surface area contributed by atoms with E-state index in [0.29, 0.717) is 11.7 Å². The number of nitro benzene ring substituents is 1. The molecule has 23 heavy (non-hydrogen) atoms. The first-order valence-electron chi connectivity index (χ1n) is 8.58. The first kappa shape index (κ1) is 16.1. The standard InChI is InChI=1S/C17H26N4O2/c1-12-4-3-9-20(11-12)13(2)10-19-17-14-7-8-18-15(14)5-6-16(17)21(22)23/h5-6,12-13,18-19H,3-4,7-11H2,1-2H3. The van der Waals surface area contributed by atoms with Crippen molar-refractivity contribution >= 4 is 17.1 Å². The van der Waals surface area contributed by atoms with Crippen LogP contribution >= 0.6 is 0 Å². The minimum Gasteiger partial charge on any atom is -0.384 e. The van der Waals surface area contributed by atoms with E-state index in [1.807, 2.05) is 6.07 Å². The molecule has 0 bridgehead atoms. The van der Waals surface area contributed by atoms with Crippen molar-refractivity contribution in [2.45, 2.75) is 39.2 Å². The van der Waals surface area contributed by atoms with Gasteiger partial charge >= 0.3 is 0 Å². The van der Waals surface area contributed by atoms with E-state index in [1.165, 1.54) is 12.8 Å². The molecule has 6 nitrogen and oxygen atoms in total. The third-order valence-corrected chi connectivity index (χ3v) is 5.06. The van der Waals surface area contributed by atoms with E-state index >= 15 is 0 Å². The van der Waals surface area contributed by atoms with Crippen molar-refractivity contribution < 1.29 is 4.92 Å². The van der Waals surface area contributed by atoms with Crippen LogP contribution in [0.2, 0.25) is 0 Å². The average Bonchev–Trinajstić information content (AvgIpc) is 3.00. The van der Waals surface area contributed by atoms with Gasteiger partial charge in [-0.1, -0.05) is 6.92 Å². The number of nitrogens with one attached hydrogen (secondary N) is 2. The lowest BCUT2D eigenvalue weighted by Crippen LogP contribution is -2.43. The Morgan fingerprint density at radius 2 is 2.35 bits per heavy atom. The Kier molecular flexibility index (Phi) is 4.71. The SMILES string of the molecule is CC1CCCN(C(C)CNc2c([N+](=O)[O-])ccc3c2CCN3)C1.